The summed E-state index contributed by atoms with van der Waals surface area (Å²) >= 11 is 0. The quantitative estimate of drug-likeness (QED) is 0.159. The van der Waals surface area contributed by atoms with Crippen molar-refractivity contribution in [2.75, 3.05) is 13.7 Å². The Balaban J connectivity index is 1.73. The van der Waals surface area contributed by atoms with Crippen LogP contribution in [0.5, 0.6) is 0 Å². The molecule has 3 aliphatic carbocycles. The Morgan fingerprint density at radius 2 is 1.63 bits per heavy atom. The molecule has 0 unspecified atom stereocenters. The maximum atomic E-state index is 15.4. The number of aliphatic hydroxyl groups is 3. The topological polar surface area (TPSA) is 240 Å². The number of alkyl carbamates (subject to hydrolysis) is 1. The van der Waals surface area contributed by atoms with Crippen molar-refractivity contribution in [3.63, 3.8) is 0 Å². The maximum absolute atomic E-state index is 15.4. The van der Waals surface area contributed by atoms with Gasteiger partial charge in [-0.1, -0.05) is 45.9 Å². The molecule has 1 aromatic carbocycles. The van der Waals surface area contributed by atoms with Crippen LogP contribution >= 0.6 is 0 Å². The standard InChI is InChI=1S/C42H57NO16/c1-20(2)28(43-36(50)58-38(5,6)7)29(46)35(49)56-24-18-42(52)33(57-34(48)23-15-13-12-14-16-23)31-40(10,25(45)17-26-41(31,19-54-26)59-37(51)53-11)32(47)30(55-22(4)44)27(21(24)3)39(42,8)9/h12-16,20,24-26,28-31,33,45-46,52H,17-19H2,1-11H3,(H,43,50)/t24-,25-,26+,28-,29+,30+,31-,33-,40+,41-,42+/m0/s1. The lowest BCUT2D eigenvalue weighted by Crippen LogP contribution is -2.82. The van der Waals surface area contributed by atoms with Crippen LogP contribution < -0.4 is 5.32 Å². The molecule has 11 atom stereocenters. The van der Waals surface area contributed by atoms with Crippen LogP contribution in [-0.2, 0) is 47.5 Å². The Labute approximate surface area is 343 Å². The van der Waals surface area contributed by atoms with E-state index in [2.05, 4.69) is 5.32 Å². The van der Waals surface area contributed by atoms with Crippen molar-refractivity contribution in [1.82, 2.24) is 5.32 Å². The van der Waals surface area contributed by atoms with E-state index in [4.69, 9.17) is 33.2 Å². The summed E-state index contributed by atoms with van der Waals surface area (Å²) in [6, 6.07) is 6.55. The van der Waals surface area contributed by atoms with E-state index < -0.39 is 124 Å². The monoisotopic (exact) mass is 831 g/mol. The minimum atomic E-state index is -2.41. The molecule has 0 spiro atoms. The molecule has 4 aliphatic rings. The van der Waals surface area contributed by atoms with Gasteiger partial charge in [0.2, 0.25) is 0 Å². The normalized spacial score (nSPS) is 33.3. The highest BCUT2D eigenvalue weighted by Crippen LogP contribution is 2.64. The van der Waals surface area contributed by atoms with Crippen molar-refractivity contribution >= 4 is 35.9 Å². The molecule has 0 radical (unpaired) electrons. The van der Waals surface area contributed by atoms with E-state index in [1.165, 1.54) is 39.8 Å². The predicted octanol–water partition coefficient (Wildman–Crippen LogP) is 3.33. The third kappa shape index (κ3) is 7.93. The minimum absolute atomic E-state index is 0.0198. The van der Waals surface area contributed by atoms with E-state index >= 15 is 4.79 Å². The first kappa shape index (κ1) is 45.5. The Morgan fingerprint density at radius 1 is 1.00 bits per heavy atom. The van der Waals surface area contributed by atoms with Crippen molar-refractivity contribution in [2.45, 2.75) is 142 Å². The van der Waals surface area contributed by atoms with Crippen LogP contribution in [0.1, 0.15) is 92.4 Å². The third-order valence-corrected chi connectivity index (χ3v) is 12.5. The van der Waals surface area contributed by atoms with Gasteiger partial charge in [-0.05, 0) is 63.8 Å². The summed E-state index contributed by atoms with van der Waals surface area (Å²) in [5.41, 5.74) is -8.78. The van der Waals surface area contributed by atoms with Crippen LogP contribution in [0.25, 0.3) is 0 Å². The second-order valence-electron chi connectivity index (χ2n) is 18.0. The Bertz CT molecular complexity index is 1870. The molecular weight excluding hydrogens is 774 g/mol. The number of methoxy groups -OCH3 is 1. The number of esters is 3. The van der Waals surface area contributed by atoms with E-state index in [9.17, 15) is 39.3 Å². The molecule has 17 heteroatoms. The maximum Gasteiger partial charge on any atom is 0.508 e. The molecule has 1 amide bonds. The number of hydrogen-bond acceptors (Lipinski definition) is 16. The third-order valence-electron chi connectivity index (χ3n) is 12.5. The molecule has 17 nitrogen and oxygen atoms in total. The Hall–Kier alpha value is -4.58. The predicted molar refractivity (Wildman–Crippen MR) is 204 cm³/mol. The first-order chi connectivity index (χ1) is 27.3. The number of amides is 1. The van der Waals surface area contributed by atoms with Crippen LogP contribution in [0.3, 0.4) is 0 Å². The summed E-state index contributed by atoms with van der Waals surface area (Å²) < 4.78 is 40.1. The lowest BCUT2D eigenvalue weighted by atomic mass is 9.44. The molecule has 2 saturated carbocycles. The summed E-state index contributed by atoms with van der Waals surface area (Å²) in [6.07, 6.45) is -12.8. The number of rotatable bonds is 9. The highest BCUT2D eigenvalue weighted by molar-refractivity contribution is 5.95. The lowest BCUT2D eigenvalue weighted by Gasteiger charge is -2.67. The molecule has 326 valence electrons. The lowest BCUT2D eigenvalue weighted by molar-refractivity contribution is -0.344. The SMILES string of the molecule is COC(=O)O[C@@]12CO[C@@H]1C[C@H](O)[C@@]1(C)C(=O)[C@H](OC(C)=O)C3=C(C)[C@@H](OC(=O)[C@H](O)[C@@H](NC(=O)OC(C)(C)C)C(C)C)C[C@@](O)([C@@H](OC(=O)c4ccccc4)[C@H]21)C3(C)C. The highest BCUT2D eigenvalue weighted by Gasteiger charge is 2.78. The number of benzene rings is 1. The number of nitrogens with one attached hydrogen (secondary N) is 1. The highest BCUT2D eigenvalue weighted by atomic mass is 16.8. The van der Waals surface area contributed by atoms with Gasteiger partial charge in [0.05, 0.1) is 42.8 Å². The zero-order chi connectivity index (χ0) is 44.2. The van der Waals surface area contributed by atoms with Crippen LogP contribution in [-0.4, -0.2) is 124 Å². The summed E-state index contributed by atoms with van der Waals surface area (Å²) in [7, 11) is 1.06. The van der Waals surface area contributed by atoms with Crippen LogP contribution in [0.4, 0.5) is 9.59 Å². The van der Waals surface area contributed by atoms with Crippen molar-refractivity contribution in [3.05, 3.63) is 47.0 Å². The van der Waals surface area contributed by atoms with Crippen LogP contribution in [0.15, 0.2) is 41.5 Å². The van der Waals surface area contributed by atoms with Crippen molar-refractivity contribution in [2.24, 2.45) is 22.7 Å². The van der Waals surface area contributed by atoms with Gasteiger partial charge < -0.3 is 53.8 Å². The molecule has 3 fully saturated rings. The van der Waals surface area contributed by atoms with E-state index in [1.54, 1.807) is 52.8 Å². The Kier molecular flexibility index (Phi) is 12.4. The average Bonchev–Trinajstić information content (AvgIpc) is 3.13. The molecule has 5 rings (SSSR count). The smallest absolute Gasteiger partial charge is 0.456 e. The van der Waals surface area contributed by atoms with Gasteiger partial charge in [-0.15, -0.1) is 0 Å². The number of fused-ring (bicyclic) bond motifs is 5. The van der Waals surface area contributed by atoms with Gasteiger partial charge in [0.25, 0.3) is 0 Å². The van der Waals surface area contributed by atoms with Crippen LogP contribution in [0.2, 0.25) is 0 Å². The van der Waals surface area contributed by atoms with Gasteiger partial charge in [0.1, 0.15) is 29.5 Å². The zero-order valence-corrected chi connectivity index (χ0v) is 35.4. The summed E-state index contributed by atoms with van der Waals surface area (Å²) in [5.74, 6) is -6.13. The molecule has 2 bridgehead atoms. The van der Waals surface area contributed by atoms with E-state index in [-0.39, 0.29) is 29.7 Å². The number of Topliss-reactive ketones (excluding diaryl/α,β-unsaturated/α-hetero) is 1. The fourth-order valence-corrected chi connectivity index (χ4v) is 9.36. The van der Waals surface area contributed by atoms with Crippen molar-refractivity contribution < 1.29 is 77.2 Å². The van der Waals surface area contributed by atoms with E-state index in [1.807, 2.05) is 0 Å². The second kappa shape index (κ2) is 16.1. The number of carbonyl (C=O) groups excluding carboxylic acids is 6. The molecule has 1 saturated heterocycles. The first-order valence-corrected chi connectivity index (χ1v) is 19.6. The largest absolute Gasteiger partial charge is 0.508 e. The number of ketones is 1. The van der Waals surface area contributed by atoms with Gasteiger partial charge in [0, 0.05) is 25.2 Å². The van der Waals surface area contributed by atoms with Crippen molar-refractivity contribution in [3.8, 4) is 0 Å². The molecule has 1 heterocycles. The first-order valence-electron chi connectivity index (χ1n) is 19.6. The molecular formula is C42H57NO16. The molecule has 4 N–H and O–H groups in total. The zero-order valence-electron chi connectivity index (χ0n) is 35.4. The fraction of sp³-hybridized carbons (Fsp3) is 0.667. The Morgan fingerprint density at radius 3 is 2.15 bits per heavy atom. The van der Waals surface area contributed by atoms with Gasteiger partial charge in [-0.3, -0.25) is 9.59 Å². The number of ether oxygens (including phenoxy) is 7. The second-order valence-corrected chi connectivity index (χ2v) is 18.0. The average molecular weight is 832 g/mol. The van der Waals surface area contributed by atoms with Crippen LogP contribution in [0, 0.1) is 22.7 Å². The van der Waals surface area contributed by atoms with E-state index in [0.29, 0.717) is 0 Å². The summed E-state index contributed by atoms with van der Waals surface area (Å²) in [5, 5.41) is 39.5. The number of hydrogen-bond donors (Lipinski definition) is 4. The summed E-state index contributed by atoms with van der Waals surface area (Å²) in [6.45, 7) is 14.9. The molecule has 0 aromatic heterocycles. The summed E-state index contributed by atoms with van der Waals surface area (Å²) in [4.78, 5) is 82.3. The number of aliphatic hydroxyl groups excluding tert-OH is 2. The fourth-order valence-electron chi connectivity index (χ4n) is 9.36. The number of carbonyl (C=O) groups is 6. The van der Waals surface area contributed by atoms with Gasteiger partial charge in [-0.2, -0.15) is 0 Å². The molecule has 59 heavy (non-hydrogen) atoms. The van der Waals surface area contributed by atoms with Gasteiger partial charge in [-0.25, -0.2) is 19.2 Å². The molecule has 1 aliphatic heterocycles. The van der Waals surface area contributed by atoms with Gasteiger partial charge in [0.15, 0.2) is 23.6 Å². The van der Waals surface area contributed by atoms with Gasteiger partial charge >= 0.3 is 30.2 Å². The molecule has 1 aromatic rings. The van der Waals surface area contributed by atoms with E-state index in [0.717, 1.165) is 14.0 Å². The van der Waals surface area contributed by atoms with Crippen molar-refractivity contribution in [1.29, 1.82) is 0 Å². The minimum Gasteiger partial charge on any atom is -0.456 e.